The molecule has 0 aliphatic heterocycles. The molecule has 3 heteroatoms. The highest BCUT2D eigenvalue weighted by molar-refractivity contribution is 5.34. The Morgan fingerprint density at radius 3 is 2.00 bits per heavy atom. The van der Waals surface area contributed by atoms with E-state index in [1.807, 2.05) is 91.9 Å². The molecule has 0 aromatic heterocycles. The van der Waals surface area contributed by atoms with Crippen LogP contribution in [-0.2, 0) is 16.9 Å². The zero-order valence-electron chi connectivity index (χ0n) is 16.3. The maximum absolute atomic E-state index is 10.6. The highest BCUT2D eigenvalue weighted by Crippen LogP contribution is 2.43. The number of aliphatic hydroxyl groups is 2. The summed E-state index contributed by atoms with van der Waals surface area (Å²) in [6, 6.07) is 28.1. The van der Waals surface area contributed by atoms with E-state index in [0.29, 0.717) is 13.0 Å². The zero-order chi connectivity index (χ0) is 19.8. The van der Waals surface area contributed by atoms with Crippen LogP contribution in [0.4, 0.5) is 0 Å². The summed E-state index contributed by atoms with van der Waals surface area (Å²) in [7, 11) is 0. The van der Waals surface area contributed by atoms with Crippen LogP contribution in [0.5, 0.6) is 0 Å². The quantitative estimate of drug-likeness (QED) is 0.575. The molecule has 0 aliphatic rings. The molecule has 3 aromatic rings. The van der Waals surface area contributed by atoms with E-state index in [-0.39, 0.29) is 19.1 Å². The van der Waals surface area contributed by atoms with Crippen LogP contribution in [0.15, 0.2) is 84.9 Å². The highest BCUT2D eigenvalue weighted by atomic mass is 16.5. The zero-order valence-corrected chi connectivity index (χ0v) is 16.3. The van der Waals surface area contributed by atoms with Crippen molar-refractivity contribution in [1.82, 2.24) is 0 Å². The van der Waals surface area contributed by atoms with Gasteiger partial charge in [-0.05, 0) is 30.0 Å². The van der Waals surface area contributed by atoms with Gasteiger partial charge in [-0.25, -0.2) is 0 Å². The van der Waals surface area contributed by atoms with E-state index in [4.69, 9.17) is 4.74 Å². The molecule has 146 valence electrons. The van der Waals surface area contributed by atoms with E-state index in [1.165, 1.54) is 0 Å². The van der Waals surface area contributed by atoms with Crippen LogP contribution in [0.2, 0.25) is 0 Å². The van der Waals surface area contributed by atoms with Gasteiger partial charge < -0.3 is 14.9 Å². The van der Waals surface area contributed by atoms with Gasteiger partial charge in [0, 0.05) is 12.5 Å². The normalized spacial score (nSPS) is 14.4. The standard InChI is InChI=1S/C25H28O3/c1-20-12-14-23(15-13-20)25(19-27,28-18-21-8-4-2-5-9-21)24(16-17-26)22-10-6-3-7-11-22/h2-15,24,26-27H,16-19H2,1H3/t24-,25-/m0/s1. The van der Waals surface area contributed by atoms with Crippen molar-refractivity contribution in [2.75, 3.05) is 13.2 Å². The maximum Gasteiger partial charge on any atom is 0.123 e. The smallest absolute Gasteiger partial charge is 0.123 e. The molecule has 0 unspecified atom stereocenters. The van der Waals surface area contributed by atoms with Crippen molar-refractivity contribution in [3.05, 3.63) is 107 Å². The molecule has 0 spiro atoms. The van der Waals surface area contributed by atoms with Crippen LogP contribution in [0.1, 0.15) is 34.6 Å². The summed E-state index contributed by atoms with van der Waals surface area (Å²) in [6.45, 7) is 2.26. The minimum Gasteiger partial charge on any atom is -0.396 e. The Bertz CT molecular complexity index is 831. The minimum absolute atomic E-state index is 0.0157. The molecule has 2 N–H and O–H groups in total. The van der Waals surface area contributed by atoms with Crippen LogP contribution >= 0.6 is 0 Å². The lowest BCUT2D eigenvalue weighted by atomic mass is 9.75. The lowest BCUT2D eigenvalue weighted by molar-refractivity contribution is -0.116. The van der Waals surface area contributed by atoms with Gasteiger partial charge in [0.2, 0.25) is 0 Å². The molecule has 0 radical (unpaired) electrons. The van der Waals surface area contributed by atoms with Crippen molar-refractivity contribution in [3.8, 4) is 0 Å². The fraction of sp³-hybridized carbons (Fsp3) is 0.280. The first-order valence-electron chi connectivity index (χ1n) is 9.71. The topological polar surface area (TPSA) is 49.7 Å². The first-order valence-corrected chi connectivity index (χ1v) is 9.71. The molecule has 0 aliphatic carbocycles. The van der Waals surface area contributed by atoms with Gasteiger partial charge in [-0.2, -0.15) is 0 Å². The average molecular weight is 376 g/mol. The van der Waals surface area contributed by atoms with Gasteiger partial charge in [0.1, 0.15) is 5.60 Å². The number of ether oxygens (including phenoxy) is 1. The second kappa shape index (κ2) is 9.65. The summed E-state index contributed by atoms with van der Waals surface area (Å²) in [5.74, 6) is -0.185. The fourth-order valence-corrected chi connectivity index (χ4v) is 3.74. The summed E-state index contributed by atoms with van der Waals surface area (Å²) < 4.78 is 6.50. The van der Waals surface area contributed by atoms with E-state index < -0.39 is 5.60 Å². The highest BCUT2D eigenvalue weighted by Gasteiger charge is 2.42. The SMILES string of the molecule is Cc1ccc([C@](CO)(OCc2ccccc2)[C@@H](CCO)c2ccccc2)cc1. The third-order valence-electron chi connectivity index (χ3n) is 5.30. The Morgan fingerprint density at radius 1 is 0.821 bits per heavy atom. The van der Waals surface area contributed by atoms with Gasteiger partial charge in [-0.3, -0.25) is 0 Å². The van der Waals surface area contributed by atoms with Gasteiger partial charge in [-0.1, -0.05) is 90.5 Å². The van der Waals surface area contributed by atoms with E-state index in [0.717, 1.165) is 22.3 Å². The second-order valence-electron chi connectivity index (χ2n) is 7.16. The Morgan fingerprint density at radius 2 is 1.43 bits per heavy atom. The van der Waals surface area contributed by atoms with Crippen LogP contribution in [0.25, 0.3) is 0 Å². The molecule has 0 saturated heterocycles. The number of aliphatic hydroxyl groups excluding tert-OH is 2. The van der Waals surface area contributed by atoms with Gasteiger partial charge in [0.15, 0.2) is 0 Å². The van der Waals surface area contributed by atoms with Crippen LogP contribution in [0.3, 0.4) is 0 Å². The molecule has 0 amide bonds. The number of rotatable bonds is 9. The predicted octanol–water partition coefficient (Wildman–Crippen LogP) is 4.57. The molecular weight excluding hydrogens is 348 g/mol. The van der Waals surface area contributed by atoms with Crippen molar-refractivity contribution in [2.24, 2.45) is 0 Å². The number of hydrogen-bond donors (Lipinski definition) is 2. The number of benzene rings is 3. The van der Waals surface area contributed by atoms with Crippen molar-refractivity contribution in [1.29, 1.82) is 0 Å². The molecular formula is C25H28O3. The lowest BCUT2D eigenvalue weighted by Crippen LogP contribution is -2.41. The van der Waals surface area contributed by atoms with E-state index >= 15 is 0 Å². The molecule has 2 atom stereocenters. The summed E-state index contributed by atoms with van der Waals surface area (Å²) >= 11 is 0. The summed E-state index contributed by atoms with van der Waals surface area (Å²) in [5.41, 5.74) is 3.20. The molecule has 0 fully saturated rings. The van der Waals surface area contributed by atoms with Crippen LogP contribution in [-0.4, -0.2) is 23.4 Å². The molecule has 3 rings (SSSR count). The van der Waals surface area contributed by atoms with Crippen molar-refractivity contribution < 1.29 is 14.9 Å². The molecule has 0 heterocycles. The average Bonchev–Trinajstić information content (AvgIpc) is 2.76. The van der Waals surface area contributed by atoms with E-state index in [2.05, 4.69) is 0 Å². The predicted molar refractivity (Wildman–Crippen MR) is 112 cm³/mol. The maximum atomic E-state index is 10.6. The Hall–Kier alpha value is -2.46. The first-order chi connectivity index (χ1) is 13.7. The molecule has 3 nitrogen and oxygen atoms in total. The Balaban J connectivity index is 2.06. The number of hydrogen-bond acceptors (Lipinski definition) is 3. The van der Waals surface area contributed by atoms with Crippen molar-refractivity contribution in [2.45, 2.75) is 31.5 Å². The van der Waals surface area contributed by atoms with Crippen molar-refractivity contribution >= 4 is 0 Å². The third kappa shape index (κ3) is 4.50. The van der Waals surface area contributed by atoms with E-state index in [9.17, 15) is 10.2 Å². The second-order valence-corrected chi connectivity index (χ2v) is 7.16. The molecule has 0 saturated carbocycles. The van der Waals surface area contributed by atoms with Crippen molar-refractivity contribution in [3.63, 3.8) is 0 Å². The summed E-state index contributed by atoms with van der Waals surface area (Å²) in [5, 5.41) is 20.4. The Kier molecular flexibility index (Phi) is 6.99. The van der Waals surface area contributed by atoms with Crippen LogP contribution < -0.4 is 0 Å². The summed E-state index contributed by atoms with van der Waals surface area (Å²) in [4.78, 5) is 0. The molecule has 3 aromatic carbocycles. The van der Waals surface area contributed by atoms with Crippen LogP contribution in [0, 0.1) is 6.92 Å². The first kappa shape index (κ1) is 20.3. The lowest BCUT2D eigenvalue weighted by Gasteiger charge is -2.40. The molecule has 28 heavy (non-hydrogen) atoms. The monoisotopic (exact) mass is 376 g/mol. The van der Waals surface area contributed by atoms with Gasteiger partial charge in [0.25, 0.3) is 0 Å². The fourth-order valence-electron chi connectivity index (χ4n) is 3.74. The van der Waals surface area contributed by atoms with Gasteiger partial charge >= 0.3 is 0 Å². The third-order valence-corrected chi connectivity index (χ3v) is 5.30. The molecule has 0 bridgehead atoms. The largest absolute Gasteiger partial charge is 0.396 e. The van der Waals surface area contributed by atoms with Gasteiger partial charge in [0.05, 0.1) is 13.2 Å². The van der Waals surface area contributed by atoms with E-state index in [1.54, 1.807) is 0 Å². The Labute approximate surface area is 167 Å². The van der Waals surface area contributed by atoms with Gasteiger partial charge in [-0.15, -0.1) is 0 Å². The minimum atomic E-state index is -0.951. The number of aryl methyl sites for hydroxylation is 1. The summed E-state index contributed by atoms with van der Waals surface area (Å²) in [6.07, 6.45) is 0.493.